The monoisotopic (exact) mass is 253 g/mol. The Labute approximate surface area is 110 Å². The van der Waals surface area contributed by atoms with Crippen LogP contribution in [0.5, 0.6) is 0 Å². The third-order valence-corrected chi connectivity index (χ3v) is 3.79. The third-order valence-electron chi connectivity index (χ3n) is 3.79. The van der Waals surface area contributed by atoms with Gasteiger partial charge in [-0.2, -0.15) is 0 Å². The van der Waals surface area contributed by atoms with Crippen LogP contribution in [-0.2, 0) is 9.53 Å². The average Bonchev–Trinajstić information content (AvgIpc) is 2.41. The first-order valence-electron chi connectivity index (χ1n) is 7.26. The van der Waals surface area contributed by atoms with Gasteiger partial charge in [-0.25, -0.2) is 0 Å². The van der Waals surface area contributed by atoms with Crippen molar-refractivity contribution >= 4 is 5.91 Å². The van der Waals surface area contributed by atoms with E-state index in [1.807, 2.05) is 0 Å². The summed E-state index contributed by atoms with van der Waals surface area (Å²) in [5.41, 5.74) is 0. The van der Waals surface area contributed by atoms with Crippen LogP contribution in [0.25, 0.3) is 0 Å². The van der Waals surface area contributed by atoms with Gasteiger partial charge in [0.2, 0.25) is 5.91 Å². The Balaban J connectivity index is 1.53. The number of ether oxygens (including phenoxy) is 1. The number of carbonyl (C=O) groups excluding carboxylic acids is 1. The molecule has 1 saturated carbocycles. The molecule has 103 valence electrons. The molecule has 2 rings (SSSR count). The number of hydrogen-bond donors (Lipinski definition) is 1. The van der Waals surface area contributed by atoms with Gasteiger partial charge in [-0.3, -0.25) is 9.69 Å². The molecule has 0 atom stereocenters. The van der Waals surface area contributed by atoms with Crippen molar-refractivity contribution in [1.82, 2.24) is 10.2 Å². The second kappa shape index (κ2) is 7.74. The number of carbonyl (C=O) groups is 1. The van der Waals surface area contributed by atoms with Crippen molar-refractivity contribution in [1.29, 1.82) is 0 Å². The highest BCUT2D eigenvalue weighted by Gasteiger charge is 2.16. The summed E-state index contributed by atoms with van der Waals surface area (Å²) in [7, 11) is 0. The summed E-state index contributed by atoms with van der Waals surface area (Å²) >= 11 is 0. The van der Waals surface area contributed by atoms with Gasteiger partial charge in [0.05, 0.1) is 13.2 Å². The van der Waals surface area contributed by atoms with Crippen LogP contribution in [0.15, 0.2) is 0 Å². The summed E-state index contributed by atoms with van der Waals surface area (Å²) in [4.78, 5) is 14.2. The molecule has 0 aromatic rings. The van der Waals surface area contributed by atoms with E-state index in [4.69, 9.17) is 4.74 Å². The summed E-state index contributed by atoms with van der Waals surface area (Å²) in [6.45, 7) is 4.73. The Kier molecular flexibility index (Phi) is 5.94. The number of amides is 1. The predicted octanol–water partition coefficient (Wildman–Crippen LogP) is 1.36. The SMILES string of the molecule is O=C(CCCN1CCOCC1)NC1CC[CH]CC1. The Bertz CT molecular complexity index is 246. The van der Waals surface area contributed by atoms with E-state index in [0.717, 1.165) is 65.0 Å². The molecule has 1 heterocycles. The molecule has 2 aliphatic rings. The lowest BCUT2D eigenvalue weighted by Gasteiger charge is -2.26. The van der Waals surface area contributed by atoms with E-state index in [1.165, 1.54) is 0 Å². The van der Waals surface area contributed by atoms with E-state index < -0.39 is 0 Å². The summed E-state index contributed by atoms with van der Waals surface area (Å²) in [6.07, 6.45) is 8.49. The Hall–Kier alpha value is -0.610. The van der Waals surface area contributed by atoms with Gasteiger partial charge in [-0.05, 0) is 45.1 Å². The van der Waals surface area contributed by atoms with Crippen molar-refractivity contribution < 1.29 is 9.53 Å². The first kappa shape index (κ1) is 13.8. The maximum absolute atomic E-state index is 11.8. The molecule has 1 N–H and O–H groups in total. The highest BCUT2D eigenvalue weighted by Crippen LogP contribution is 2.16. The standard InChI is InChI=1S/C14H25N2O2/c17-14(15-13-5-2-1-3-6-13)7-4-8-16-9-11-18-12-10-16/h1,13H,2-12H2,(H,15,17). The molecule has 4 heteroatoms. The van der Waals surface area contributed by atoms with E-state index in [0.29, 0.717) is 12.5 Å². The van der Waals surface area contributed by atoms with Crippen molar-refractivity contribution in [2.75, 3.05) is 32.8 Å². The molecule has 0 bridgehead atoms. The molecule has 0 spiro atoms. The van der Waals surface area contributed by atoms with Crippen LogP contribution in [0.4, 0.5) is 0 Å². The van der Waals surface area contributed by atoms with Gasteiger partial charge in [-0.15, -0.1) is 0 Å². The minimum absolute atomic E-state index is 0.232. The molecule has 2 fully saturated rings. The van der Waals surface area contributed by atoms with Gasteiger partial charge >= 0.3 is 0 Å². The third kappa shape index (κ3) is 4.94. The van der Waals surface area contributed by atoms with Gasteiger partial charge in [0, 0.05) is 25.6 Å². The van der Waals surface area contributed by atoms with E-state index in [1.54, 1.807) is 0 Å². The minimum atomic E-state index is 0.232. The minimum Gasteiger partial charge on any atom is -0.379 e. The van der Waals surface area contributed by atoms with E-state index in [2.05, 4.69) is 16.6 Å². The number of hydrogen-bond acceptors (Lipinski definition) is 3. The first-order chi connectivity index (χ1) is 8.84. The van der Waals surface area contributed by atoms with E-state index in [9.17, 15) is 4.79 Å². The molecule has 0 aromatic heterocycles. The fourth-order valence-corrected chi connectivity index (χ4v) is 2.66. The summed E-state index contributed by atoms with van der Waals surface area (Å²) in [6, 6.07) is 0.422. The fourth-order valence-electron chi connectivity index (χ4n) is 2.66. The smallest absolute Gasteiger partial charge is 0.220 e. The number of morpholine rings is 1. The molecule has 1 saturated heterocycles. The zero-order valence-corrected chi connectivity index (χ0v) is 11.2. The molecule has 1 aliphatic carbocycles. The Morgan fingerprint density at radius 1 is 1.28 bits per heavy atom. The van der Waals surface area contributed by atoms with E-state index >= 15 is 0 Å². The number of nitrogens with one attached hydrogen (secondary N) is 1. The molecule has 18 heavy (non-hydrogen) atoms. The first-order valence-corrected chi connectivity index (χ1v) is 7.26. The van der Waals surface area contributed by atoms with Crippen molar-refractivity contribution in [2.24, 2.45) is 0 Å². The van der Waals surface area contributed by atoms with Gasteiger partial charge in [0.15, 0.2) is 0 Å². The fraction of sp³-hybridized carbons (Fsp3) is 0.857. The van der Waals surface area contributed by atoms with Gasteiger partial charge in [0.25, 0.3) is 0 Å². The second-order valence-corrected chi connectivity index (χ2v) is 5.27. The van der Waals surface area contributed by atoms with Crippen LogP contribution in [0, 0.1) is 6.42 Å². The van der Waals surface area contributed by atoms with Crippen LogP contribution in [0.1, 0.15) is 38.5 Å². The maximum atomic E-state index is 11.8. The lowest BCUT2D eigenvalue weighted by atomic mass is 9.95. The lowest BCUT2D eigenvalue weighted by molar-refractivity contribution is -0.122. The average molecular weight is 253 g/mol. The number of rotatable bonds is 5. The molecule has 0 unspecified atom stereocenters. The predicted molar refractivity (Wildman–Crippen MR) is 71.2 cm³/mol. The lowest BCUT2D eigenvalue weighted by Crippen LogP contribution is -2.38. The largest absolute Gasteiger partial charge is 0.379 e. The van der Waals surface area contributed by atoms with Crippen LogP contribution < -0.4 is 5.32 Å². The van der Waals surface area contributed by atoms with Gasteiger partial charge in [-0.1, -0.05) is 0 Å². The van der Waals surface area contributed by atoms with Crippen molar-refractivity contribution in [3.05, 3.63) is 6.42 Å². The highest BCUT2D eigenvalue weighted by molar-refractivity contribution is 5.76. The molecule has 1 amide bonds. The Morgan fingerprint density at radius 3 is 2.72 bits per heavy atom. The molecule has 1 aliphatic heterocycles. The summed E-state index contributed by atoms with van der Waals surface area (Å²) in [5.74, 6) is 0.232. The highest BCUT2D eigenvalue weighted by atomic mass is 16.5. The Morgan fingerprint density at radius 2 is 2.00 bits per heavy atom. The molecule has 0 aromatic carbocycles. The van der Waals surface area contributed by atoms with Crippen LogP contribution in [-0.4, -0.2) is 49.7 Å². The molecule has 4 nitrogen and oxygen atoms in total. The van der Waals surface area contributed by atoms with Gasteiger partial charge in [0.1, 0.15) is 0 Å². The normalized spacial score (nSPS) is 22.9. The van der Waals surface area contributed by atoms with Crippen LogP contribution in [0.3, 0.4) is 0 Å². The zero-order valence-electron chi connectivity index (χ0n) is 11.2. The van der Waals surface area contributed by atoms with E-state index in [-0.39, 0.29) is 5.91 Å². The van der Waals surface area contributed by atoms with Crippen molar-refractivity contribution in [3.8, 4) is 0 Å². The number of nitrogens with zero attached hydrogens (tertiary/aromatic N) is 1. The van der Waals surface area contributed by atoms with Crippen LogP contribution >= 0.6 is 0 Å². The quantitative estimate of drug-likeness (QED) is 0.804. The summed E-state index contributed by atoms with van der Waals surface area (Å²) < 4.78 is 5.30. The maximum Gasteiger partial charge on any atom is 0.220 e. The molecular formula is C14H25N2O2. The summed E-state index contributed by atoms with van der Waals surface area (Å²) in [5, 5.41) is 3.15. The zero-order chi connectivity index (χ0) is 12.6. The van der Waals surface area contributed by atoms with Crippen molar-refractivity contribution in [3.63, 3.8) is 0 Å². The van der Waals surface area contributed by atoms with Crippen molar-refractivity contribution in [2.45, 2.75) is 44.6 Å². The topological polar surface area (TPSA) is 41.6 Å². The molecular weight excluding hydrogens is 228 g/mol. The molecule has 1 radical (unpaired) electrons. The van der Waals surface area contributed by atoms with Crippen LogP contribution in [0.2, 0.25) is 0 Å². The second-order valence-electron chi connectivity index (χ2n) is 5.27. The van der Waals surface area contributed by atoms with Gasteiger partial charge < -0.3 is 10.1 Å².